The highest BCUT2D eigenvalue weighted by Gasteiger charge is 2.30. The lowest BCUT2D eigenvalue weighted by atomic mass is 10.1. The van der Waals surface area contributed by atoms with Gasteiger partial charge in [0, 0.05) is 34.0 Å². The second-order valence-corrected chi connectivity index (χ2v) is 6.29. The Balaban J connectivity index is 2.44. The summed E-state index contributed by atoms with van der Waals surface area (Å²) >= 11 is 0. The zero-order valence-electron chi connectivity index (χ0n) is 9.83. The molecule has 0 aliphatic rings. The number of nitrogens with zero attached hydrogens (tertiary/aromatic N) is 1. The van der Waals surface area contributed by atoms with Gasteiger partial charge in [-0.2, -0.15) is 0 Å². The van der Waals surface area contributed by atoms with Crippen molar-refractivity contribution in [1.82, 2.24) is 4.57 Å². The molecule has 0 fully saturated rings. The first-order chi connectivity index (χ1) is 8.48. The summed E-state index contributed by atoms with van der Waals surface area (Å²) in [5, 5.41) is 2.15. The molecule has 92 valence electrons. The van der Waals surface area contributed by atoms with E-state index in [1.165, 1.54) is 0 Å². The largest absolute Gasteiger partial charge is 0.529 e. The molecular weight excluding hydrogens is 246 g/mol. The van der Waals surface area contributed by atoms with Crippen LogP contribution < -0.4 is 5.19 Å². The summed E-state index contributed by atoms with van der Waals surface area (Å²) in [4.78, 5) is 28.1. The lowest BCUT2D eigenvalue weighted by molar-refractivity contribution is 0.250. The highest BCUT2D eigenvalue weighted by Crippen LogP contribution is 2.27. The van der Waals surface area contributed by atoms with Crippen LogP contribution in [-0.2, 0) is 7.05 Å². The molecule has 3 aromatic rings. The van der Waals surface area contributed by atoms with Crippen molar-refractivity contribution in [3.05, 3.63) is 42.5 Å². The fourth-order valence-corrected chi connectivity index (χ4v) is 3.02. The summed E-state index contributed by atoms with van der Waals surface area (Å²) in [5.74, 6) is 0. The van der Waals surface area contributed by atoms with Gasteiger partial charge in [-0.15, -0.1) is 0 Å². The van der Waals surface area contributed by atoms with E-state index in [1.807, 2.05) is 35.9 Å². The third-order valence-electron chi connectivity index (χ3n) is 3.30. The number of hydrogen-bond donors (Lipinski definition) is 3. The van der Waals surface area contributed by atoms with Gasteiger partial charge >= 0.3 is 8.80 Å². The third-order valence-corrected chi connectivity index (χ3v) is 4.39. The van der Waals surface area contributed by atoms with E-state index in [1.54, 1.807) is 18.2 Å². The molecule has 0 aliphatic heterocycles. The van der Waals surface area contributed by atoms with Gasteiger partial charge in [0.2, 0.25) is 0 Å². The van der Waals surface area contributed by atoms with E-state index < -0.39 is 8.80 Å². The van der Waals surface area contributed by atoms with Crippen LogP contribution in [0.4, 0.5) is 0 Å². The average Bonchev–Trinajstić information content (AvgIpc) is 2.63. The molecule has 0 bridgehead atoms. The number of para-hydroxylation sites is 1. The van der Waals surface area contributed by atoms with Crippen LogP contribution in [0.3, 0.4) is 0 Å². The maximum Gasteiger partial charge on any atom is 0.529 e. The second kappa shape index (κ2) is 3.66. The average molecular weight is 259 g/mol. The van der Waals surface area contributed by atoms with Crippen molar-refractivity contribution in [1.29, 1.82) is 0 Å². The molecule has 0 saturated heterocycles. The van der Waals surface area contributed by atoms with Gasteiger partial charge in [0.25, 0.3) is 0 Å². The standard InChI is InChI=1S/C13H13NO3Si/c1-14-12-5-3-2-4-10(12)11-8-9(18(15,16)17)6-7-13(11)14/h2-8,15-17H,1H3. The fraction of sp³-hybridized carbons (Fsp3) is 0.0769. The highest BCUT2D eigenvalue weighted by atomic mass is 28.4. The number of aryl methyl sites for hydroxylation is 1. The van der Waals surface area contributed by atoms with Crippen molar-refractivity contribution >= 4 is 35.8 Å². The molecule has 5 heteroatoms. The first kappa shape index (κ1) is 11.4. The van der Waals surface area contributed by atoms with E-state index in [0.29, 0.717) is 0 Å². The molecule has 1 heterocycles. The molecule has 0 unspecified atom stereocenters. The molecular formula is C13H13NO3Si. The van der Waals surface area contributed by atoms with Crippen LogP contribution in [-0.4, -0.2) is 27.8 Å². The smallest absolute Gasteiger partial charge is 0.386 e. The van der Waals surface area contributed by atoms with Crippen LogP contribution in [0.2, 0.25) is 0 Å². The van der Waals surface area contributed by atoms with Gasteiger partial charge < -0.3 is 19.0 Å². The van der Waals surface area contributed by atoms with Gasteiger partial charge in [-0.05, 0) is 18.2 Å². The fourth-order valence-electron chi connectivity index (χ4n) is 2.38. The summed E-state index contributed by atoms with van der Waals surface area (Å²) in [6.45, 7) is 0. The van der Waals surface area contributed by atoms with Crippen LogP contribution in [0.15, 0.2) is 42.5 Å². The molecule has 4 nitrogen and oxygen atoms in total. The van der Waals surface area contributed by atoms with Crippen LogP contribution in [0, 0.1) is 0 Å². The molecule has 1 aromatic heterocycles. The van der Waals surface area contributed by atoms with Gasteiger partial charge in [0.15, 0.2) is 0 Å². The SMILES string of the molecule is Cn1c2ccccc2c2cc([Si](O)(O)O)ccc21. The van der Waals surface area contributed by atoms with Gasteiger partial charge in [0.05, 0.1) is 0 Å². The van der Waals surface area contributed by atoms with Crippen molar-refractivity contribution in [2.75, 3.05) is 0 Å². The highest BCUT2D eigenvalue weighted by molar-refractivity contribution is 6.71. The van der Waals surface area contributed by atoms with Gasteiger partial charge in [-0.1, -0.05) is 24.3 Å². The van der Waals surface area contributed by atoms with Crippen molar-refractivity contribution < 1.29 is 14.4 Å². The molecule has 18 heavy (non-hydrogen) atoms. The Morgan fingerprint density at radius 3 is 2.28 bits per heavy atom. The van der Waals surface area contributed by atoms with Crippen LogP contribution >= 0.6 is 0 Å². The minimum Gasteiger partial charge on any atom is -0.386 e. The number of rotatable bonds is 1. The molecule has 3 rings (SSSR count). The summed E-state index contributed by atoms with van der Waals surface area (Å²) < 4.78 is 2.05. The van der Waals surface area contributed by atoms with Crippen molar-refractivity contribution in [2.45, 2.75) is 0 Å². The topological polar surface area (TPSA) is 65.6 Å². The zero-order valence-corrected chi connectivity index (χ0v) is 10.8. The van der Waals surface area contributed by atoms with Gasteiger partial charge in [0.1, 0.15) is 0 Å². The first-order valence-corrected chi connectivity index (χ1v) is 7.47. The lowest BCUT2D eigenvalue weighted by Crippen LogP contribution is -2.48. The molecule has 0 saturated carbocycles. The Labute approximate surface area is 105 Å². The molecule has 0 aliphatic carbocycles. The maximum atomic E-state index is 9.37. The Morgan fingerprint density at radius 1 is 0.889 bits per heavy atom. The summed E-state index contributed by atoms with van der Waals surface area (Å²) in [5.41, 5.74) is 2.07. The molecule has 0 amide bonds. The molecule has 0 spiro atoms. The predicted octanol–water partition coefficient (Wildman–Crippen LogP) is 0.454. The first-order valence-electron chi connectivity index (χ1n) is 5.63. The van der Waals surface area contributed by atoms with Crippen molar-refractivity contribution in [2.24, 2.45) is 7.05 Å². The monoisotopic (exact) mass is 259 g/mol. The minimum atomic E-state index is -4.24. The van der Waals surface area contributed by atoms with E-state index in [9.17, 15) is 14.4 Å². The maximum absolute atomic E-state index is 9.37. The number of hydrogen-bond acceptors (Lipinski definition) is 3. The van der Waals surface area contributed by atoms with Crippen LogP contribution in [0.1, 0.15) is 0 Å². The van der Waals surface area contributed by atoms with Crippen LogP contribution in [0.25, 0.3) is 21.8 Å². The third kappa shape index (κ3) is 1.57. The summed E-state index contributed by atoms with van der Waals surface area (Å²) in [6.07, 6.45) is 0. The Bertz CT molecular complexity index is 743. The van der Waals surface area contributed by atoms with Gasteiger partial charge in [-0.3, -0.25) is 0 Å². The number of fused-ring (bicyclic) bond motifs is 3. The zero-order chi connectivity index (χ0) is 12.9. The van der Waals surface area contributed by atoms with Crippen LogP contribution in [0.5, 0.6) is 0 Å². The summed E-state index contributed by atoms with van der Waals surface area (Å²) in [7, 11) is -2.27. The molecule has 0 atom stereocenters. The Morgan fingerprint density at radius 2 is 1.56 bits per heavy atom. The normalized spacial score (nSPS) is 12.4. The molecule has 2 aromatic carbocycles. The Hall–Kier alpha value is -1.66. The minimum absolute atomic E-state index is 0.200. The molecule has 3 N–H and O–H groups in total. The Kier molecular flexibility index (Phi) is 2.33. The molecule has 0 radical (unpaired) electrons. The van der Waals surface area contributed by atoms with E-state index in [2.05, 4.69) is 0 Å². The second-order valence-electron chi connectivity index (χ2n) is 4.44. The number of aromatic nitrogens is 1. The van der Waals surface area contributed by atoms with Gasteiger partial charge in [-0.25, -0.2) is 0 Å². The van der Waals surface area contributed by atoms with E-state index in [4.69, 9.17) is 0 Å². The lowest BCUT2D eigenvalue weighted by Gasteiger charge is -2.09. The number of benzene rings is 2. The summed E-state index contributed by atoms with van der Waals surface area (Å²) in [6, 6.07) is 12.9. The van der Waals surface area contributed by atoms with E-state index in [0.717, 1.165) is 21.8 Å². The van der Waals surface area contributed by atoms with Crippen molar-refractivity contribution in [3.8, 4) is 0 Å². The predicted molar refractivity (Wildman–Crippen MR) is 72.5 cm³/mol. The van der Waals surface area contributed by atoms with E-state index >= 15 is 0 Å². The van der Waals surface area contributed by atoms with Crippen molar-refractivity contribution in [3.63, 3.8) is 0 Å². The van der Waals surface area contributed by atoms with E-state index in [-0.39, 0.29) is 5.19 Å². The quantitative estimate of drug-likeness (QED) is 0.556.